The van der Waals surface area contributed by atoms with Gasteiger partial charge in [-0.15, -0.1) is 0 Å². The van der Waals surface area contributed by atoms with Crippen LogP contribution in [-0.2, 0) is 0 Å². The summed E-state index contributed by atoms with van der Waals surface area (Å²) in [5.41, 5.74) is 0.717. The maximum Gasteiger partial charge on any atom is 0.410 e. The largest absolute Gasteiger partial charge is 0.410 e. The topological polar surface area (TPSA) is 59.0 Å². The lowest BCUT2D eigenvalue weighted by Gasteiger charge is -2.33. The van der Waals surface area contributed by atoms with Crippen LogP contribution in [0.25, 0.3) is 0 Å². The number of fused-ring (bicyclic) bond motifs is 1. The molecule has 9 heteroatoms. The van der Waals surface area contributed by atoms with E-state index in [0.717, 1.165) is 14.7 Å². The average molecular weight is 445 g/mol. The predicted octanol–water partition coefficient (Wildman–Crippen LogP) is 4.83. The maximum atomic E-state index is 13.7. The zero-order valence-corrected chi connectivity index (χ0v) is 16.4. The highest BCUT2D eigenvalue weighted by Gasteiger charge is 2.46. The third-order valence-electron chi connectivity index (χ3n) is 4.68. The first-order chi connectivity index (χ1) is 12.7. The first kappa shape index (κ1) is 19.7. The quantitative estimate of drug-likeness (QED) is 0.709. The number of halogens is 4. The Kier molecular flexibility index (Phi) is 5.50. The molecule has 146 valence electrons. The first-order valence-electron chi connectivity index (χ1n) is 8.68. The van der Waals surface area contributed by atoms with Crippen LogP contribution < -0.4 is 10.6 Å². The summed E-state index contributed by atoms with van der Waals surface area (Å²) < 4.78 is 42.7. The number of amides is 1. The minimum absolute atomic E-state index is 0.0245. The fraction of sp³-hybridized carbons (Fsp3) is 0.444. The molecule has 1 aromatic carbocycles. The Labute approximate surface area is 163 Å². The molecule has 0 radical (unpaired) electrons. The van der Waals surface area contributed by atoms with Gasteiger partial charge in [0.25, 0.3) is 5.91 Å². The van der Waals surface area contributed by atoms with Gasteiger partial charge in [-0.3, -0.25) is 4.79 Å². The van der Waals surface area contributed by atoms with E-state index in [1.165, 1.54) is 6.07 Å². The molecule has 0 saturated heterocycles. The molecule has 0 fully saturated rings. The number of aromatic nitrogens is 2. The molecule has 0 saturated carbocycles. The minimum Gasteiger partial charge on any atom is -0.363 e. The number of anilines is 1. The van der Waals surface area contributed by atoms with Crippen molar-refractivity contribution >= 4 is 27.7 Å². The van der Waals surface area contributed by atoms with Crippen LogP contribution in [-0.4, -0.2) is 27.9 Å². The van der Waals surface area contributed by atoms with Gasteiger partial charge in [0.1, 0.15) is 5.82 Å². The molecule has 3 rings (SSSR count). The van der Waals surface area contributed by atoms with E-state index >= 15 is 0 Å². The molecule has 1 aliphatic rings. The molecular formula is C18H20BrF3N4O. The summed E-state index contributed by atoms with van der Waals surface area (Å²) in [6.07, 6.45) is -3.96. The van der Waals surface area contributed by atoms with Crippen molar-refractivity contribution in [1.82, 2.24) is 15.1 Å². The molecule has 27 heavy (non-hydrogen) atoms. The summed E-state index contributed by atoms with van der Waals surface area (Å²) in [7, 11) is 0. The predicted molar refractivity (Wildman–Crippen MR) is 99.7 cm³/mol. The summed E-state index contributed by atoms with van der Waals surface area (Å²) in [6.45, 7) is 3.74. The molecule has 0 bridgehead atoms. The van der Waals surface area contributed by atoms with Gasteiger partial charge in [-0.05, 0) is 31.0 Å². The standard InChI is InChI=1S/C18H20BrF3N4O/c1-3-10(2)23-17(27)14-9-16-24-13(11-4-6-12(19)7-5-11)8-15(18(20,21)22)26(16)25-14/h4-7,9-10,13,15,24H,3,8H2,1-2H3,(H,23,27)/t10-,13+,15+/m0/s1. The Morgan fingerprint density at radius 1 is 1.41 bits per heavy atom. The zero-order chi connectivity index (χ0) is 19.8. The Balaban J connectivity index is 1.93. The molecule has 1 aliphatic heterocycles. The van der Waals surface area contributed by atoms with Crippen LogP contribution in [0, 0.1) is 0 Å². The highest BCUT2D eigenvalue weighted by molar-refractivity contribution is 9.10. The van der Waals surface area contributed by atoms with E-state index in [-0.39, 0.29) is 24.0 Å². The number of carbonyl (C=O) groups excluding carboxylic acids is 1. The van der Waals surface area contributed by atoms with E-state index in [9.17, 15) is 18.0 Å². The molecular weight excluding hydrogens is 425 g/mol. The normalized spacial score (nSPS) is 20.5. The molecule has 1 aromatic heterocycles. The smallest absolute Gasteiger partial charge is 0.363 e. The van der Waals surface area contributed by atoms with Crippen molar-refractivity contribution in [2.75, 3.05) is 5.32 Å². The van der Waals surface area contributed by atoms with Gasteiger partial charge in [0.05, 0.1) is 6.04 Å². The Hall–Kier alpha value is -2.03. The summed E-state index contributed by atoms with van der Waals surface area (Å²) in [4.78, 5) is 12.3. The second-order valence-electron chi connectivity index (χ2n) is 6.68. The van der Waals surface area contributed by atoms with Crippen LogP contribution in [0.3, 0.4) is 0 Å². The lowest BCUT2D eigenvalue weighted by molar-refractivity contribution is -0.173. The van der Waals surface area contributed by atoms with Crippen LogP contribution in [0.15, 0.2) is 34.8 Å². The van der Waals surface area contributed by atoms with Gasteiger partial charge in [0.15, 0.2) is 11.7 Å². The number of carbonyl (C=O) groups is 1. The number of hydrogen-bond acceptors (Lipinski definition) is 3. The van der Waals surface area contributed by atoms with Gasteiger partial charge < -0.3 is 10.6 Å². The molecule has 3 atom stereocenters. The second kappa shape index (κ2) is 7.53. The van der Waals surface area contributed by atoms with Crippen molar-refractivity contribution in [3.8, 4) is 0 Å². The Morgan fingerprint density at radius 3 is 2.67 bits per heavy atom. The van der Waals surface area contributed by atoms with Gasteiger partial charge in [-0.1, -0.05) is 35.0 Å². The third-order valence-corrected chi connectivity index (χ3v) is 5.21. The number of alkyl halides is 3. The number of benzene rings is 1. The Morgan fingerprint density at radius 2 is 2.07 bits per heavy atom. The van der Waals surface area contributed by atoms with Crippen LogP contribution in [0.5, 0.6) is 0 Å². The number of nitrogens with one attached hydrogen (secondary N) is 2. The highest BCUT2D eigenvalue weighted by atomic mass is 79.9. The van der Waals surface area contributed by atoms with E-state index in [1.54, 1.807) is 24.3 Å². The van der Waals surface area contributed by atoms with Gasteiger partial charge in [0, 0.05) is 23.0 Å². The lowest BCUT2D eigenvalue weighted by Crippen LogP contribution is -2.36. The Bertz CT molecular complexity index is 819. The summed E-state index contributed by atoms with van der Waals surface area (Å²) in [5.74, 6) is -0.292. The fourth-order valence-corrected chi connectivity index (χ4v) is 3.26. The third kappa shape index (κ3) is 4.28. The lowest BCUT2D eigenvalue weighted by atomic mass is 9.97. The van der Waals surface area contributed by atoms with Gasteiger partial charge in [0.2, 0.25) is 0 Å². The SMILES string of the molecule is CC[C@H](C)NC(=O)c1cc2n(n1)[C@@H](C(F)(F)F)C[C@H](c1ccc(Br)cc1)N2. The number of hydrogen-bond donors (Lipinski definition) is 2. The summed E-state index contributed by atoms with van der Waals surface area (Å²) in [5, 5.41) is 9.75. The van der Waals surface area contributed by atoms with Gasteiger partial charge >= 0.3 is 6.18 Å². The van der Waals surface area contributed by atoms with Crippen LogP contribution in [0.2, 0.25) is 0 Å². The van der Waals surface area contributed by atoms with Crippen LogP contribution in [0.1, 0.15) is 54.8 Å². The molecule has 0 unspecified atom stereocenters. The first-order valence-corrected chi connectivity index (χ1v) is 9.47. The monoisotopic (exact) mass is 444 g/mol. The molecule has 5 nitrogen and oxygen atoms in total. The number of rotatable bonds is 4. The molecule has 2 aromatic rings. The van der Waals surface area contributed by atoms with Crippen molar-refractivity contribution in [3.63, 3.8) is 0 Å². The van der Waals surface area contributed by atoms with Crippen molar-refractivity contribution in [2.24, 2.45) is 0 Å². The molecule has 2 heterocycles. The minimum atomic E-state index is -4.47. The van der Waals surface area contributed by atoms with E-state index in [4.69, 9.17) is 0 Å². The second-order valence-corrected chi connectivity index (χ2v) is 7.60. The van der Waals surface area contributed by atoms with E-state index in [1.807, 2.05) is 13.8 Å². The molecule has 0 spiro atoms. The van der Waals surface area contributed by atoms with Crippen molar-refractivity contribution < 1.29 is 18.0 Å². The maximum absolute atomic E-state index is 13.7. The van der Waals surface area contributed by atoms with Crippen LogP contribution >= 0.6 is 15.9 Å². The van der Waals surface area contributed by atoms with E-state index in [2.05, 4.69) is 31.7 Å². The van der Waals surface area contributed by atoms with E-state index in [0.29, 0.717) is 6.42 Å². The van der Waals surface area contributed by atoms with Crippen molar-refractivity contribution in [2.45, 2.75) is 51.0 Å². The van der Waals surface area contributed by atoms with Gasteiger partial charge in [-0.25, -0.2) is 4.68 Å². The fourth-order valence-electron chi connectivity index (χ4n) is 3.00. The molecule has 1 amide bonds. The van der Waals surface area contributed by atoms with Crippen molar-refractivity contribution in [1.29, 1.82) is 0 Å². The van der Waals surface area contributed by atoms with Gasteiger partial charge in [-0.2, -0.15) is 18.3 Å². The molecule has 0 aliphatic carbocycles. The summed E-state index contributed by atoms with van der Waals surface area (Å²) in [6, 6.07) is 6.09. The van der Waals surface area contributed by atoms with Crippen LogP contribution in [0.4, 0.5) is 19.0 Å². The number of nitrogens with zero attached hydrogens (tertiary/aromatic N) is 2. The van der Waals surface area contributed by atoms with Crippen molar-refractivity contribution in [3.05, 3.63) is 46.1 Å². The summed E-state index contributed by atoms with van der Waals surface area (Å²) >= 11 is 3.32. The average Bonchev–Trinajstić information content (AvgIpc) is 3.04. The zero-order valence-electron chi connectivity index (χ0n) is 14.8. The molecule has 2 N–H and O–H groups in total. The van der Waals surface area contributed by atoms with E-state index < -0.39 is 24.2 Å². The highest BCUT2D eigenvalue weighted by Crippen LogP contribution is 2.43.